The summed E-state index contributed by atoms with van der Waals surface area (Å²) in [6.07, 6.45) is 0.819. The number of aromatic nitrogens is 3. The molecule has 0 spiro atoms. The van der Waals surface area contributed by atoms with Crippen LogP contribution in [0, 0.1) is 6.92 Å². The normalized spacial score (nSPS) is 10.8. The molecule has 5 nitrogen and oxygen atoms in total. The van der Waals surface area contributed by atoms with E-state index in [1.807, 2.05) is 49.6 Å². The van der Waals surface area contributed by atoms with Gasteiger partial charge in [-0.3, -0.25) is 9.48 Å². The van der Waals surface area contributed by atoms with Gasteiger partial charge in [0, 0.05) is 23.6 Å². The van der Waals surface area contributed by atoms with Crippen LogP contribution < -0.4 is 5.32 Å². The summed E-state index contributed by atoms with van der Waals surface area (Å²) in [6, 6.07) is 10.0. The second-order valence-corrected chi connectivity index (χ2v) is 6.45. The number of amides is 1. The van der Waals surface area contributed by atoms with Crippen molar-refractivity contribution in [3.05, 3.63) is 58.4 Å². The highest BCUT2D eigenvalue weighted by Gasteiger charge is 2.18. The monoisotopic (exact) mass is 340 g/mol. The number of rotatable bonds is 5. The van der Waals surface area contributed by atoms with Crippen LogP contribution in [-0.4, -0.2) is 20.7 Å². The Labute approximate surface area is 145 Å². The maximum absolute atomic E-state index is 12.5. The van der Waals surface area contributed by atoms with Crippen LogP contribution in [0.4, 0.5) is 0 Å². The van der Waals surface area contributed by atoms with Gasteiger partial charge in [0.05, 0.1) is 17.9 Å². The van der Waals surface area contributed by atoms with E-state index < -0.39 is 0 Å². The van der Waals surface area contributed by atoms with E-state index in [1.54, 1.807) is 23.1 Å². The maximum atomic E-state index is 12.5. The number of thiazole rings is 1. The summed E-state index contributed by atoms with van der Waals surface area (Å²) in [5, 5.41) is 10.3. The predicted molar refractivity (Wildman–Crippen MR) is 96.0 cm³/mol. The van der Waals surface area contributed by atoms with Gasteiger partial charge in [0.15, 0.2) is 0 Å². The molecule has 2 heterocycles. The van der Waals surface area contributed by atoms with E-state index in [4.69, 9.17) is 0 Å². The molecule has 1 N–H and O–H groups in total. The van der Waals surface area contributed by atoms with Crippen molar-refractivity contribution in [2.24, 2.45) is 7.05 Å². The van der Waals surface area contributed by atoms with Crippen LogP contribution in [0.2, 0.25) is 0 Å². The van der Waals surface area contributed by atoms with E-state index in [-0.39, 0.29) is 5.91 Å². The number of hydrogen-bond acceptors (Lipinski definition) is 4. The molecule has 1 aromatic carbocycles. The molecule has 0 saturated heterocycles. The third-order valence-electron chi connectivity index (χ3n) is 3.93. The minimum Gasteiger partial charge on any atom is -0.345 e. The second-order valence-electron chi connectivity index (χ2n) is 5.59. The van der Waals surface area contributed by atoms with Crippen molar-refractivity contribution in [1.82, 2.24) is 20.1 Å². The molecule has 0 fully saturated rings. The average Bonchev–Trinajstić information content (AvgIpc) is 3.18. The third-order valence-corrected chi connectivity index (χ3v) is 4.88. The molecule has 0 bridgehead atoms. The lowest BCUT2D eigenvalue weighted by Crippen LogP contribution is -2.26. The molecule has 0 radical (unpaired) electrons. The Hall–Kier alpha value is -2.47. The predicted octanol–water partition coefficient (Wildman–Crippen LogP) is 3.34. The zero-order chi connectivity index (χ0) is 17.1. The first-order chi connectivity index (χ1) is 11.6. The minimum absolute atomic E-state index is 0.114. The fraction of sp³-hybridized carbons (Fsp3) is 0.278. The highest BCUT2D eigenvalue weighted by molar-refractivity contribution is 7.13. The van der Waals surface area contributed by atoms with Crippen LogP contribution in [0.15, 0.2) is 35.7 Å². The van der Waals surface area contributed by atoms with Gasteiger partial charge in [-0.2, -0.15) is 5.10 Å². The van der Waals surface area contributed by atoms with Crippen molar-refractivity contribution in [2.45, 2.75) is 26.8 Å². The first-order valence-electron chi connectivity index (χ1n) is 7.90. The first-order valence-corrected chi connectivity index (χ1v) is 8.78. The molecule has 0 aliphatic rings. The number of carbonyl (C=O) groups excluding carboxylic acids is 1. The fourth-order valence-corrected chi connectivity index (χ4v) is 3.52. The molecule has 0 unspecified atom stereocenters. The molecule has 3 aromatic rings. The number of hydrogen-bond donors (Lipinski definition) is 1. The molecule has 3 rings (SSSR count). The number of aryl methyl sites for hydroxylation is 2. The van der Waals surface area contributed by atoms with E-state index in [2.05, 4.69) is 15.4 Å². The van der Waals surface area contributed by atoms with E-state index in [9.17, 15) is 4.79 Å². The van der Waals surface area contributed by atoms with Gasteiger partial charge >= 0.3 is 0 Å². The molecule has 0 aliphatic heterocycles. The summed E-state index contributed by atoms with van der Waals surface area (Å²) in [7, 11) is 1.80. The average molecular weight is 340 g/mol. The molecule has 1 amide bonds. The zero-order valence-corrected chi connectivity index (χ0v) is 14.9. The van der Waals surface area contributed by atoms with Crippen molar-refractivity contribution >= 4 is 17.2 Å². The number of carbonyl (C=O) groups is 1. The molecule has 6 heteroatoms. The van der Waals surface area contributed by atoms with Gasteiger partial charge < -0.3 is 5.32 Å². The van der Waals surface area contributed by atoms with E-state index in [0.29, 0.717) is 12.2 Å². The molecular formula is C18H20N4OS. The molecular weight excluding hydrogens is 320 g/mol. The summed E-state index contributed by atoms with van der Waals surface area (Å²) in [5.74, 6) is -0.114. The smallest absolute Gasteiger partial charge is 0.270 e. The molecule has 0 aliphatic carbocycles. The zero-order valence-electron chi connectivity index (χ0n) is 14.0. The Morgan fingerprint density at radius 3 is 2.71 bits per heavy atom. The largest absolute Gasteiger partial charge is 0.345 e. The van der Waals surface area contributed by atoms with Crippen LogP contribution in [0.5, 0.6) is 0 Å². The van der Waals surface area contributed by atoms with Gasteiger partial charge in [0.2, 0.25) is 0 Å². The van der Waals surface area contributed by atoms with Gasteiger partial charge in [-0.15, -0.1) is 11.3 Å². The summed E-state index contributed by atoms with van der Waals surface area (Å²) in [6.45, 7) is 4.39. The lowest BCUT2D eigenvalue weighted by molar-refractivity contribution is 0.0940. The van der Waals surface area contributed by atoms with Crippen molar-refractivity contribution in [1.29, 1.82) is 0 Å². The van der Waals surface area contributed by atoms with Gasteiger partial charge in [0.1, 0.15) is 10.7 Å². The van der Waals surface area contributed by atoms with Crippen LogP contribution in [0.25, 0.3) is 10.6 Å². The van der Waals surface area contributed by atoms with Gasteiger partial charge in [-0.1, -0.05) is 37.3 Å². The topological polar surface area (TPSA) is 59.8 Å². The van der Waals surface area contributed by atoms with Crippen molar-refractivity contribution in [2.75, 3.05) is 0 Å². The third kappa shape index (κ3) is 3.23. The van der Waals surface area contributed by atoms with Crippen molar-refractivity contribution in [3.8, 4) is 10.6 Å². The highest BCUT2D eigenvalue weighted by Crippen LogP contribution is 2.23. The Morgan fingerprint density at radius 1 is 1.29 bits per heavy atom. The summed E-state index contributed by atoms with van der Waals surface area (Å²) in [4.78, 5) is 17.1. The Balaban J connectivity index is 1.69. The molecule has 124 valence electrons. The van der Waals surface area contributed by atoms with Crippen LogP contribution >= 0.6 is 11.3 Å². The number of nitrogens with one attached hydrogen (secondary N) is 1. The molecule has 24 heavy (non-hydrogen) atoms. The van der Waals surface area contributed by atoms with Crippen LogP contribution in [-0.2, 0) is 20.0 Å². The van der Waals surface area contributed by atoms with Crippen LogP contribution in [0.3, 0.4) is 0 Å². The summed E-state index contributed by atoms with van der Waals surface area (Å²) >= 11 is 1.58. The maximum Gasteiger partial charge on any atom is 0.270 e. The number of benzene rings is 1. The summed E-state index contributed by atoms with van der Waals surface area (Å²) < 4.78 is 1.65. The molecule has 2 aromatic heterocycles. The van der Waals surface area contributed by atoms with Crippen molar-refractivity contribution in [3.63, 3.8) is 0 Å². The first kappa shape index (κ1) is 16.4. The lowest BCUT2D eigenvalue weighted by Gasteiger charge is -2.05. The Morgan fingerprint density at radius 2 is 2.04 bits per heavy atom. The van der Waals surface area contributed by atoms with Crippen LogP contribution in [0.1, 0.15) is 34.4 Å². The second kappa shape index (κ2) is 6.97. The Kier molecular flexibility index (Phi) is 4.76. The van der Waals surface area contributed by atoms with Gasteiger partial charge in [-0.25, -0.2) is 4.98 Å². The molecule has 0 saturated carbocycles. The standard InChI is InChI=1S/C18H20N4OS/c1-4-15-12(2)16(22(3)21-15)17(23)19-10-14-11-24-18(20-14)13-8-6-5-7-9-13/h5-9,11H,4,10H2,1-3H3,(H,19,23). The summed E-state index contributed by atoms with van der Waals surface area (Å²) in [5.41, 5.74) is 4.48. The number of nitrogens with zero attached hydrogens (tertiary/aromatic N) is 3. The SMILES string of the molecule is CCc1nn(C)c(C(=O)NCc2csc(-c3ccccc3)n2)c1C. The minimum atomic E-state index is -0.114. The van der Waals surface area contributed by atoms with Gasteiger partial charge in [-0.05, 0) is 13.3 Å². The molecule has 0 atom stereocenters. The van der Waals surface area contributed by atoms with E-state index in [1.165, 1.54) is 0 Å². The Bertz CT molecular complexity index is 851. The highest BCUT2D eigenvalue weighted by atomic mass is 32.1. The fourth-order valence-electron chi connectivity index (χ4n) is 2.69. The van der Waals surface area contributed by atoms with E-state index in [0.717, 1.165) is 33.9 Å². The van der Waals surface area contributed by atoms with Gasteiger partial charge in [0.25, 0.3) is 5.91 Å². The van der Waals surface area contributed by atoms with Crippen molar-refractivity contribution < 1.29 is 4.79 Å². The van der Waals surface area contributed by atoms with E-state index >= 15 is 0 Å². The quantitative estimate of drug-likeness (QED) is 0.775. The lowest BCUT2D eigenvalue weighted by atomic mass is 10.1.